The first-order valence-corrected chi connectivity index (χ1v) is 6.94. The van der Waals surface area contributed by atoms with Gasteiger partial charge in [-0.2, -0.15) is 0 Å². The van der Waals surface area contributed by atoms with Gasteiger partial charge in [-0.1, -0.05) is 22.0 Å². The van der Waals surface area contributed by atoms with Crippen LogP contribution in [0.15, 0.2) is 28.1 Å². The van der Waals surface area contributed by atoms with E-state index in [1.54, 1.807) is 0 Å². The summed E-state index contributed by atoms with van der Waals surface area (Å²) in [5.74, 6) is 0.103. The number of benzene rings is 1. The van der Waals surface area contributed by atoms with Crippen molar-refractivity contribution in [1.29, 1.82) is 0 Å². The molecule has 0 radical (unpaired) electrons. The molecule has 0 N–H and O–H groups in total. The smallest absolute Gasteiger partial charge is 0.170 e. The highest BCUT2D eigenvalue weighted by Gasteiger charge is 2.12. The number of hydrogen-bond acceptors (Lipinski definition) is 3. The summed E-state index contributed by atoms with van der Waals surface area (Å²) in [7, 11) is 0. The number of aryl methyl sites for hydroxylation is 2. The summed E-state index contributed by atoms with van der Waals surface area (Å²) >= 11 is 4.96. The molecular weight excluding hydrogens is 298 g/mol. The maximum Gasteiger partial charge on any atom is 0.170 e. The fourth-order valence-corrected chi connectivity index (χ4v) is 3.05. The molecule has 0 fully saturated rings. The van der Waals surface area contributed by atoms with Crippen molar-refractivity contribution >= 4 is 33.0 Å². The van der Waals surface area contributed by atoms with Gasteiger partial charge in [0.15, 0.2) is 5.78 Å². The maximum absolute atomic E-state index is 12.1. The number of halogens is 1. The Labute approximate surface area is 113 Å². The normalized spacial score (nSPS) is 10.5. The lowest BCUT2D eigenvalue weighted by molar-refractivity contribution is 0.0992. The van der Waals surface area contributed by atoms with E-state index in [-0.39, 0.29) is 5.78 Å². The highest BCUT2D eigenvalue weighted by atomic mass is 79.9. The molecule has 0 amide bonds. The molecule has 2 rings (SSSR count). The molecule has 1 aromatic heterocycles. The summed E-state index contributed by atoms with van der Waals surface area (Å²) < 4.78 is 0.857. The Balaban J connectivity index is 2.20. The summed E-state index contributed by atoms with van der Waals surface area (Å²) in [5, 5.41) is 2.84. The van der Waals surface area contributed by atoms with E-state index >= 15 is 0 Å². The number of thiazole rings is 1. The predicted octanol–water partition coefficient (Wildman–Crippen LogP) is 3.95. The number of rotatable bonds is 3. The van der Waals surface area contributed by atoms with E-state index in [1.165, 1.54) is 11.3 Å². The van der Waals surface area contributed by atoms with Gasteiger partial charge in [-0.15, -0.1) is 11.3 Å². The molecule has 4 heteroatoms. The van der Waals surface area contributed by atoms with Gasteiger partial charge in [0.25, 0.3) is 0 Å². The topological polar surface area (TPSA) is 30.0 Å². The third-order valence-corrected chi connectivity index (χ3v) is 4.03. The standard InChI is InChI=1S/C13H12BrNOS/c1-8-3-4-10(11(14)5-8)12(16)6-13-15-9(2)7-17-13/h3-5,7H,6H2,1-2H3. The van der Waals surface area contributed by atoms with Gasteiger partial charge in [-0.25, -0.2) is 4.98 Å². The zero-order valence-electron chi connectivity index (χ0n) is 9.66. The van der Waals surface area contributed by atoms with Gasteiger partial charge in [0.1, 0.15) is 5.01 Å². The zero-order valence-corrected chi connectivity index (χ0v) is 12.1. The fraction of sp³-hybridized carbons (Fsp3) is 0.231. The van der Waals surface area contributed by atoms with Gasteiger partial charge in [-0.3, -0.25) is 4.79 Å². The number of aromatic nitrogens is 1. The monoisotopic (exact) mass is 309 g/mol. The Kier molecular flexibility index (Phi) is 3.74. The lowest BCUT2D eigenvalue weighted by Crippen LogP contribution is -2.04. The molecule has 0 aliphatic heterocycles. The maximum atomic E-state index is 12.1. The van der Waals surface area contributed by atoms with Gasteiger partial charge in [0.05, 0.1) is 6.42 Å². The first-order chi connectivity index (χ1) is 8.06. The Hall–Kier alpha value is -1.00. The average molecular weight is 310 g/mol. The molecule has 0 atom stereocenters. The van der Waals surface area contributed by atoms with Crippen LogP contribution in [0, 0.1) is 13.8 Å². The third-order valence-electron chi connectivity index (χ3n) is 2.40. The zero-order chi connectivity index (χ0) is 12.4. The van der Waals surface area contributed by atoms with E-state index in [0.29, 0.717) is 6.42 Å². The van der Waals surface area contributed by atoms with E-state index < -0.39 is 0 Å². The number of hydrogen-bond donors (Lipinski definition) is 0. The van der Waals surface area contributed by atoms with Crippen molar-refractivity contribution < 1.29 is 4.79 Å². The minimum atomic E-state index is 0.103. The first kappa shape index (κ1) is 12.5. The number of Topliss-reactive ketones (excluding diaryl/α,β-unsaturated/α-hetero) is 1. The molecule has 2 nitrogen and oxygen atoms in total. The molecule has 17 heavy (non-hydrogen) atoms. The molecule has 1 heterocycles. The molecule has 88 valence electrons. The molecule has 0 saturated carbocycles. The molecule has 0 unspecified atom stereocenters. The molecule has 2 aromatic rings. The van der Waals surface area contributed by atoms with Crippen molar-refractivity contribution in [2.45, 2.75) is 20.3 Å². The Bertz CT molecular complexity index is 562. The van der Waals surface area contributed by atoms with Crippen LogP contribution in [0.3, 0.4) is 0 Å². The number of nitrogens with zero attached hydrogens (tertiary/aromatic N) is 1. The van der Waals surface area contributed by atoms with E-state index in [1.807, 2.05) is 37.4 Å². The average Bonchev–Trinajstić information content (AvgIpc) is 2.63. The van der Waals surface area contributed by atoms with E-state index in [0.717, 1.165) is 26.3 Å². The van der Waals surface area contributed by atoms with Crippen molar-refractivity contribution in [3.63, 3.8) is 0 Å². The third kappa shape index (κ3) is 3.01. The lowest BCUT2D eigenvalue weighted by atomic mass is 10.1. The van der Waals surface area contributed by atoms with Gasteiger partial charge in [-0.05, 0) is 31.5 Å². The van der Waals surface area contributed by atoms with Gasteiger partial charge < -0.3 is 0 Å². The second kappa shape index (κ2) is 5.10. The van der Waals surface area contributed by atoms with Crippen molar-refractivity contribution in [1.82, 2.24) is 4.98 Å². The molecule has 0 aliphatic rings. The highest BCUT2D eigenvalue weighted by molar-refractivity contribution is 9.10. The van der Waals surface area contributed by atoms with Crippen molar-refractivity contribution in [3.05, 3.63) is 49.9 Å². The summed E-state index contributed by atoms with van der Waals surface area (Å²) in [6, 6.07) is 5.77. The number of carbonyl (C=O) groups excluding carboxylic acids is 1. The summed E-state index contributed by atoms with van der Waals surface area (Å²) in [6.45, 7) is 3.94. The van der Waals surface area contributed by atoms with Crippen LogP contribution < -0.4 is 0 Å². The predicted molar refractivity (Wildman–Crippen MR) is 73.8 cm³/mol. The van der Waals surface area contributed by atoms with Crippen LogP contribution >= 0.6 is 27.3 Å². The lowest BCUT2D eigenvalue weighted by Gasteiger charge is -2.03. The summed E-state index contributed by atoms with van der Waals surface area (Å²) in [5.41, 5.74) is 2.84. The summed E-state index contributed by atoms with van der Waals surface area (Å²) in [4.78, 5) is 16.4. The quantitative estimate of drug-likeness (QED) is 0.804. The van der Waals surface area contributed by atoms with Crippen LogP contribution in [0.4, 0.5) is 0 Å². The molecular formula is C13H12BrNOS. The second-order valence-electron chi connectivity index (χ2n) is 3.97. The van der Waals surface area contributed by atoms with E-state index in [2.05, 4.69) is 20.9 Å². The van der Waals surface area contributed by atoms with Gasteiger partial charge in [0, 0.05) is 21.1 Å². The second-order valence-corrected chi connectivity index (χ2v) is 5.76. The van der Waals surface area contributed by atoms with Gasteiger partial charge in [0.2, 0.25) is 0 Å². The minimum Gasteiger partial charge on any atom is -0.294 e. The molecule has 1 aromatic carbocycles. The Morgan fingerprint density at radius 1 is 1.41 bits per heavy atom. The van der Waals surface area contributed by atoms with Crippen LogP contribution in [-0.4, -0.2) is 10.8 Å². The molecule has 0 saturated heterocycles. The Morgan fingerprint density at radius 2 is 2.18 bits per heavy atom. The van der Waals surface area contributed by atoms with E-state index in [4.69, 9.17) is 0 Å². The number of ketones is 1. The molecule has 0 bridgehead atoms. The Morgan fingerprint density at radius 3 is 2.76 bits per heavy atom. The molecule has 0 aliphatic carbocycles. The fourth-order valence-electron chi connectivity index (χ4n) is 1.56. The van der Waals surface area contributed by atoms with Crippen LogP contribution in [0.25, 0.3) is 0 Å². The van der Waals surface area contributed by atoms with Crippen molar-refractivity contribution in [2.75, 3.05) is 0 Å². The number of carbonyl (C=O) groups is 1. The van der Waals surface area contributed by atoms with Crippen molar-refractivity contribution in [3.8, 4) is 0 Å². The van der Waals surface area contributed by atoms with Gasteiger partial charge >= 0.3 is 0 Å². The largest absolute Gasteiger partial charge is 0.294 e. The SMILES string of the molecule is Cc1ccc(C(=O)Cc2nc(C)cs2)c(Br)c1. The highest BCUT2D eigenvalue weighted by Crippen LogP contribution is 2.21. The van der Waals surface area contributed by atoms with E-state index in [9.17, 15) is 4.79 Å². The molecule has 0 spiro atoms. The van der Waals surface area contributed by atoms with Crippen LogP contribution in [-0.2, 0) is 6.42 Å². The van der Waals surface area contributed by atoms with Crippen LogP contribution in [0.2, 0.25) is 0 Å². The van der Waals surface area contributed by atoms with Crippen molar-refractivity contribution in [2.24, 2.45) is 0 Å². The van der Waals surface area contributed by atoms with Crippen LogP contribution in [0.1, 0.15) is 26.6 Å². The summed E-state index contributed by atoms with van der Waals surface area (Å²) in [6.07, 6.45) is 0.375. The first-order valence-electron chi connectivity index (χ1n) is 5.26. The minimum absolute atomic E-state index is 0.103. The van der Waals surface area contributed by atoms with Crippen LogP contribution in [0.5, 0.6) is 0 Å².